The van der Waals surface area contributed by atoms with Crippen LogP contribution in [0.5, 0.6) is 0 Å². The van der Waals surface area contributed by atoms with Crippen LogP contribution in [0.1, 0.15) is 39.3 Å². The van der Waals surface area contributed by atoms with Crippen LogP contribution in [-0.4, -0.2) is 41.0 Å². The van der Waals surface area contributed by atoms with Crippen LogP contribution in [0.25, 0.3) is 0 Å². The van der Waals surface area contributed by atoms with E-state index < -0.39 is 36.0 Å². The molecule has 0 aromatic heterocycles. The highest BCUT2D eigenvalue weighted by molar-refractivity contribution is 6.12. The molecule has 1 heterocycles. The summed E-state index contributed by atoms with van der Waals surface area (Å²) in [6.45, 7) is 7.17. The van der Waals surface area contributed by atoms with Crippen molar-refractivity contribution in [1.82, 2.24) is 10.6 Å². The van der Waals surface area contributed by atoms with Crippen LogP contribution in [0.4, 0.5) is 16.2 Å². The lowest BCUT2D eigenvalue weighted by Crippen LogP contribution is -2.60. The van der Waals surface area contributed by atoms with Crippen molar-refractivity contribution >= 4 is 35.2 Å². The van der Waals surface area contributed by atoms with Crippen LogP contribution in [0, 0.1) is 11.8 Å². The van der Waals surface area contributed by atoms with Gasteiger partial charge in [0, 0.05) is 0 Å². The maximum Gasteiger partial charge on any atom is 0.330 e. The average Bonchev–Trinajstić information content (AvgIpc) is 2.79. The Balaban J connectivity index is 1.87. The lowest BCUT2D eigenvalue weighted by molar-refractivity contribution is -0.142. The zero-order valence-electron chi connectivity index (χ0n) is 19.6. The maximum atomic E-state index is 13.5. The summed E-state index contributed by atoms with van der Waals surface area (Å²) in [6, 6.07) is 11.6. The molecule has 0 aliphatic carbocycles. The Morgan fingerprint density at radius 2 is 1.56 bits per heavy atom. The van der Waals surface area contributed by atoms with Crippen LogP contribution < -0.4 is 20.9 Å². The molecule has 3 rings (SSSR count). The van der Waals surface area contributed by atoms with Gasteiger partial charge in [-0.3, -0.25) is 14.5 Å². The molecule has 0 radical (unpaired) electrons. The maximum absolute atomic E-state index is 13.5. The highest BCUT2D eigenvalue weighted by atomic mass is 16.4. The first-order chi connectivity index (χ1) is 16.1. The molecule has 0 unspecified atom stereocenters. The minimum atomic E-state index is -1.27. The summed E-state index contributed by atoms with van der Waals surface area (Å²) in [5.41, 5.74) is 1.44. The summed E-state index contributed by atoms with van der Waals surface area (Å²) in [5.74, 6) is -2.70. The van der Waals surface area contributed by atoms with E-state index in [1.165, 1.54) is 4.90 Å². The van der Waals surface area contributed by atoms with Gasteiger partial charge in [-0.2, -0.15) is 0 Å². The third kappa shape index (κ3) is 5.19. The molecule has 3 atom stereocenters. The quantitative estimate of drug-likeness (QED) is 0.498. The fraction of sp³-hybridized carbons (Fsp3) is 0.360. The number of urea groups is 1. The highest BCUT2D eigenvalue weighted by Gasteiger charge is 2.40. The van der Waals surface area contributed by atoms with E-state index in [9.17, 15) is 24.3 Å². The zero-order chi connectivity index (χ0) is 25.0. The molecule has 0 saturated heterocycles. The first-order valence-electron chi connectivity index (χ1n) is 11.2. The number of aliphatic carboxylic acids is 1. The molecule has 34 heavy (non-hydrogen) atoms. The molecule has 0 spiro atoms. The fourth-order valence-corrected chi connectivity index (χ4v) is 4.00. The van der Waals surface area contributed by atoms with Gasteiger partial charge in [0.25, 0.3) is 0 Å². The number of nitrogens with zero attached hydrogens (tertiary/aromatic N) is 1. The second-order valence-electron chi connectivity index (χ2n) is 8.93. The Kier molecular flexibility index (Phi) is 7.55. The number of carbonyl (C=O) groups excluding carboxylic acids is 3. The number of carboxylic acids is 1. The third-order valence-electron chi connectivity index (χ3n) is 5.71. The average molecular weight is 467 g/mol. The van der Waals surface area contributed by atoms with Crippen LogP contribution in [0.3, 0.4) is 0 Å². The lowest BCUT2D eigenvalue weighted by atomic mass is 9.97. The van der Waals surface area contributed by atoms with Gasteiger partial charge in [-0.1, -0.05) is 70.2 Å². The van der Waals surface area contributed by atoms with E-state index in [0.717, 1.165) is 0 Å². The normalized spacial score (nSPS) is 16.9. The van der Waals surface area contributed by atoms with Gasteiger partial charge in [0.05, 0.1) is 11.4 Å². The lowest BCUT2D eigenvalue weighted by Gasteiger charge is -2.39. The van der Waals surface area contributed by atoms with Crippen molar-refractivity contribution in [2.24, 2.45) is 11.8 Å². The van der Waals surface area contributed by atoms with Gasteiger partial charge in [0.1, 0.15) is 12.1 Å². The second kappa shape index (κ2) is 10.4. The van der Waals surface area contributed by atoms with E-state index in [0.29, 0.717) is 16.9 Å². The molecule has 0 bridgehead atoms. The number of hydrogen-bond acceptors (Lipinski definition) is 4. The molecule has 180 valence electrons. The number of carboxylic acid groups (broad SMARTS) is 1. The molecular weight excluding hydrogens is 436 g/mol. The number of para-hydroxylation sites is 2. The molecule has 4 amide bonds. The zero-order valence-corrected chi connectivity index (χ0v) is 19.6. The molecule has 9 nitrogen and oxygen atoms in total. The third-order valence-corrected chi connectivity index (χ3v) is 5.71. The van der Waals surface area contributed by atoms with Gasteiger partial charge >= 0.3 is 12.0 Å². The SMILES string of the molecule is CC(C)[C@H](NC(=O)N1c2ccccc2NC(=O)[C@H]1C(C)C)C(=O)N[C@@H](C(=O)O)c1ccccc1. The van der Waals surface area contributed by atoms with Gasteiger partial charge < -0.3 is 21.1 Å². The molecular formula is C25H30N4O5. The van der Waals surface area contributed by atoms with Gasteiger partial charge in [-0.05, 0) is 29.5 Å². The van der Waals surface area contributed by atoms with Crippen molar-refractivity contribution < 1.29 is 24.3 Å². The van der Waals surface area contributed by atoms with E-state index in [1.54, 1.807) is 68.4 Å². The molecule has 1 aliphatic rings. The minimum absolute atomic E-state index is 0.195. The summed E-state index contributed by atoms with van der Waals surface area (Å²) in [5, 5.41) is 17.8. The predicted molar refractivity (Wildman–Crippen MR) is 128 cm³/mol. The first-order valence-corrected chi connectivity index (χ1v) is 11.2. The Bertz CT molecular complexity index is 1070. The Morgan fingerprint density at radius 3 is 2.15 bits per heavy atom. The van der Waals surface area contributed by atoms with Crippen molar-refractivity contribution in [3.63, 3.8) is 0 Å². The van der Waals surface area contributed by atoms with Crippen molar-refractivity contribution in [1.29, 1.82) is 0 Å². The number of anilines is 2. The Morgan fingerprint density at radius 1 is 0.941 bits per heavy atom. The van der Waals surface area contributed by atoms with Gasteiger partial charge in [-0.25, -0.2) is 9.59 Å². The van der Waals surface area contributed by atoms with E-state index in [4.69, 9.17) is 0 Å². The smallest absolute Gasteiger partial charge is 0.330 e. The summed E-state index contributed by atoms with van der Waals surface area (Å²) in [6.07, 6.45) is 0. The predicted octanol–water partition coefficient (Wildman–Crippen LogP) is 3.15. The van der Waals surface area contributed by atoms with Gasteiger partial charge in [0.2, 0.25) is 11.8 Å². The molecule has 0 fully saturated rings. The topological polar surface area (TPSA) is 128 Å². The van der Waals surface area contributed by atoms with E-state index in [1.807, 2.05) is 13.8 Å². The molecule has 2 aromatic carbocycles. The summed E-state index contributed by atoms with van der Waals surface area (Å²) in [7, 11) is 0. The van der Waals surface area contributed by atoms with Crippen molar-refractivity contribution in [2.45, 2.75) is 45.8 Å². The number of fused-ring (bicyclic) bond motifs is 1. The van der Waals surface area contributed by atoms with Crippen molar-refractivity contribution in [2.75, 3.05) is 10.2 Å². The van der Waals surface area contributed by atoms with Crippen LogP contribution in [0.15, 0.2) is 54.6 Å². The fourth-order valence-electron chi connectivity index (χ4n) is 4.00. The van der Waals surface area contributed by atoms with E-state index >= 15 is 0 Å². The number of carbonyl (C=O) groups is 4. The summed E-state index contributed by atoms with van der Waals surface area (Å²) < 4.78 is 0. The van der Waals surface area contributed by atoms with Gasteiger partial charge in [0.15, 0.2) is 6.04 Å². The van der Waals surface area contributed by atoms with E-state index in [-0.39, 0.29) is 17.7 Å². The molecule has 1 aliphatic heterocycles. The minimum Gasteiger partial charge on any atom is -0.479 e. The summed E-state index contributed by atoms with van der Waals surface area (Å²) >= 11 is 0. The van der Waals surface area contributed by atoms with Crippen molar-refractivity contribution in [3.05, 3.63) is 60.2 Å². The molecule has 0 saturated carbocycles. The number of benzene rings is 2. The first kappa shape index (κ1) is 24.8. The highest BCUT2D eigenvalue weighted by Crippen LogP contribution is 2.34. The van der Waals surface area contributed by atoms with Crippen molar-refractivity contribution in [3.8, 4) is 0 Å². The second-order valence-corrected chi connectivity index (χ2v) is 8.93. The molecule has 2 aromatic rings. The number of amides is 4. The standard InChI is InChI=1S/C25H30N4O5/c1-14(2)19(22(30)27-20(24(32)33)16-10-6-5-7-11-16)28-25(34)29-18-13-9-8-12-17(18)26-23(31)21(29)15(3)4/h5-15,19-21H,1-4H3,(H,26,31)(H,27,30)(H,28,34)(H,32,33)/t19-,20+,21+/m0/s1. The number of rotatable bonds is 7. The monoisotopic (exact) mass is 466 g/mol. The summed E-state index contributed by atoms with van der Waals surface area (Å²) in [4.78, 5) is 52.6. The largest absolute Gasteiger partial charge is 0.479 e. The van der Waals surface area contributed by atoms with E-state index in [2.05, 4.69) is 16.0 Å². The number of nitrogens with one attached hydrogen (secondary N) is 3. The Labute approximate surface area is 198 Å². The Hall–Kier alpha value is -3.88. The van der Waals surface area contributed by atoms with Gasteiger partial charge in [-0.15, -0.1) is 0 Å². The molecule has 4 N–H and O–H groups in total. The number of hydrogen-bond donors (Lipinski definition) is 4. The van der Waals surface area contributed by atoms with Crippen LogP contribution in [0.2, 0.25) is 0 Å². The van der Waals surface area contributed by atoms with Crippen LogP contribution in [-0.2, 0) is 14.4 Å². The molecule has 9 heteroatoms. The van der Waals surface area contributed by atoms with Crippen LogP contribution >= 0.6 is 0 Å².